The number of rotatable bonds is 4. The summed E-state index contributed by atoms with van der Waals surface area (Å²) in [5, 5.41) is 13.3. The van der Waals surface area contributed by atoms with Crippen LogP contribution in [0.2, 0.25) is 0 Å². The van der Waals surface area contributed by atoms with E-state index < -0.39 is 5.97 Å². The molecule has 0 saturated heterocycles. The van der Waals surface area contributed by atoms with E-state index in [1.807, 2.05) is 30.3 Å². The third-order valence-corrected chi connectivity index (χ3v) is 5.49. The van der Waals surface area contributed by atoms with Crippen molar-refractivity contribution in [2.45, 2.75) is 0 Å². The molecule has 0 atom stereocenters. The van der Waals surface area contributed by atoms with Crippen LogP contribution in [0, 0.1) is 0 Å². The lowest BCUT2D eigenvalue weighted by atomic mass is 10.1. The number of fused-ring (bicyclic) bond motifs is 1. The van der Waals surface area contributed by atoms with Gasteiger partial charge in [-0.3, -0.25) is 4.79 Å². The Labute approximate surface area is 173 Å². The number of furan rings is 1. The molecule has 2 aromatic carbocycles. The summed E-state index contributed by atoms with van der Waals surface area (Å²) < 4.78 is 7.57. The summed E-state index contributed by atoms with van der Waals surface area (Å²) in [5.41, 5.74) is 1.55. The van der Waals surface area contributed by atoms with Crippen LogP contribution in [-0.2, 0) is 0 Å². The normalized spacial score (nSPS) is 11.9. The molecule has 0 bridgehead atoms. The number of aromatic nitrogens is 3. The second-order valence-electron chi connectivity index (χ2n) is 6.50. The molecule has 146 valence electrons. The van der Waals surface area contributed by atoms with E-state index in [1.165, 1.54) is 28.0 Å². The van der Waals surface area contributed by atoms with Gasteiger partial charge in [0, 0.05) is 17.2 Å². The lowest BCUT2D eigenvalue weighted by Gasteiger charge is -1.98. The zero-order valence-corrected chi connectivity index (χ0v) is 16.2. The maximum absolute atomic E-state index is 12.7. The Morgan fingerprint density at radius 2 is 1.77 bits per heavy atom. The molecule has 5 aromatic rings. The molecule has 1 N–H and O–H groups in total. The van der Waals surface area contributed by atoms with Gasteiger partial charge in [-0.15, -0.1) is 5.10 Å². The Morgan fingerprint density at radius 3 is 2.47 bits per heavy atom. The number of hydrogen-bond acceptors (Lipinski definition) is 6. The molecule has 0 radical (unpaired) electrons. The SMILES string of the molecule is O=C(O)c1ccc(-c2ccc(C=c3sc4nc(-c5ccccc5)nn4c3=O)o2)cc1. The third-order valence-electron chi connectivity index (χ3n) is 4.53. The summed E-state index contributed by atoms with van der Waals surface area (Å²) in [5.74, 6) is 0.619. The quantitative estimate of drug-likeness (QED) is 0.484. The molecular formula is C22H13N3O4S. The van der Waals surface area contributed by atoms with Crippen molar-refractivity contribution >= 4 is 28.3 Å². The van der Waals surface area contributed by atoms with Gasteiger partial charge < -0.3 is 9.52 Å². The Hall–Kier alpha value is -4.04. The first-order valence-electron chi connectivity index (χ1n) is 8.99. The predicted octanol–water partition coefficient (Wildman–Crippen LogP) is 3.32. The number of carboxylic acid groups (broad SMARTS) is 1. The molecule has 0 saturated carbocycles. The number of hydrogen-bond donors (Lipinski definition) is 1. The first-order valence-corrected chi connectivity index (χ1v) is 9.80. The Bertz CT molecular complexity index is 1480. The van der Waals surface area contributed by atoms with Gasteiger partial charge >= 0.3 is 5.97 Å². The van der Waals surface area contributed by atoms with Gasteiger partial charge in [-0.25, -0.2) is 4.79 Å². The van der Waals surface area contributed by atoms with E-state index in [2.05, 4.69) is 10.1 Å². The van der Waals surface area contributed by atoms with Crippen LogP contribution < -0.4 is 10.1 Å². The first-order chi connectivity index (χ1) is 14.6. The maximum atomic E-state index is 12.7. The minimum absolute atomic E-state index is 0.206. The highest BCUT2D eigenvalue weighted by Crippen LogP contribution is 2.23. The lowest BCUT2D eigenvalue weighted by molar-refractivity contribution is 0.0697. The summed E-state index contributed by atoms with van der Waals surface area (Å²) >= 11 is 1.24. The van der Waals surface area contributed by atoms with Crippen molar-refractivity contribution in [3.8, 4) is 22.7 Å². The summed E-state index contributed by atoms with van der Waals surface area (Å²) in [4.78, 5) is 28.6. The molecule has 30 heavy (non-hydrogen) atoms. The number of carbonyl (C=O) groups is 1. The number of thiazole rings is 1. The van der Waals surface area contributed by atoms with E-state index in [4.69, 9.17) is 9.52 Å². The van der Waals surface area contributed by atoms with Crippen molar-refractivity contribution in [1.29, 1.82) is 0 Å². The number of carboxylic acids is 1. The average molecular weight is 415 g/mol. The topological polar surface area (TPSA) is 97.7 Å². The molecule has 0 fully saturated rings. The number of nitrogens with zero attached hydrogens (tertiary/aromatic N) is 3. The molecular weight excluding hydrogens is 402 g/mol. The highest BCUT2D eigenvalue weighted by atomic mass is 32.1. The van der Waals surface area contributed by atoms with Crippen LogP contribution in [0.15, 0.2) is 75.9 Å². The lowest BCUT2D eigenvalue weighted by Crippen LogP contribution is -2.23. The van der Waals surface area contributed by atoms with Crippen LogP contribution in [0.25, 0.3) is 33.7 Å². The van der Waals surface area contributed by atoms with Gasteiger partial charge in [-0.1, -0.05) is 53.8 Å². The summed E-state index contributed by atoms with van der Waals surface area (Å²) in [6, 6.07) is 19.4. The summed E-state index contributed by atoms with van der Waals surface area (Å²) in [6.45, 7) is 0. The highest BCUT2D eigenvalue weighted by molar-refractivity contribution is 7.15. The van der Waals surface area contributed by atoms with Gasteiger partial charge in [0.1, 0.15) is 16.1 Å². The largest absolute Gasteiger partial charge is 0.478 e. The number of aromatic carboxylic acids is 1. The molecule has 8 heteroatoms. The van der Waals surface area contributed by atoms with Crippen molar-refractivity contribution < 1.29 is 14.3 Å². The second-order valence-corrected chi connectivity index (χ2v) is 7.51. The van der Waals surface area contributed by atoms with Gasteiger partial charge in [0.2, 0.25) is 4.96 Å². The zero-order chi connectivity index (χ0) is 20.7. The Balaban J connectivity index is 1.48. The van der Waals surface area contributed by atoms with Crippen LogP contribution in [0.4, 0.5) is 0 Å². The fraction of sp³-hybridized carbons (Fsp3) is 0. The summed E-state index contributed by atoms with van der Waals surface area (Å²) in [7, 11) is 0. The molecule has 0 aliphatic rings. The van der Waals surface area contributed by atoms with Gasteiger partial charge in [0.05, 0.1) is 5.56 Å². The van der Waals surface area contributed by atoms with Gasteiger partial charge in [-0.05, 0) is 24.3 Å². The zero-order valence-electron chi connectivity index (χ0n) is 15.4. The molecule has 7 nitrogen and oxygen atoms in total. The maximum Gasteiger partial charge on any atom is 0.335 e. The fourth-order valence-electron chi connectivity index (χ4n) is 3.04. The Kier molecular flexibility index (Phi) is 4.26. The van der Waals surface area contributed by atoms with Crippen LogP contribution in [0.1, 0.15) is 16.1 Å². The predicted molar refractivity (Wildman–Crippen MR) is 112 cm³/mol. The molecule has 0 aliphatic carbocycles. The molecule has 0 unspecified atom stereocenters. The standard InChI is InChI=1S/C22H13N3O4S/c26-20-18(30-22-23-19(24-25(20)22)14-4-2-1-3-5-14)12-16-10-11-17(29-16)13-6-8-15(9-7-13)21(27)28/h1-12H,(H,27,28). The van der Waals surface area contributed by atoms with Crippen molar-refractivity contribution in [2.75, 3.05) is 0 Å². The van der Waals surface area contributed by atoms with E-state index in [9.17, 15) is 9.59 Å². The molecule has 5 rings (SSSR count). The Morgan fingerprint density at radius 1 is 1.00 bits per heavy atom. The number of benzene rings is 2. The van der Waals surface area contributed by atoms with Crippen LogP contribution in [0.5, 0.6) is 0 Å². The van der Waals surface area contributed by atoms with Gasteiger partial charge in [0.25, 0.3) is 5.56 Å². The summed E-state index contributed by atoms with van der Waals surface area (Å²) in [6.07, 6.45) is 1.65. The highest BCUT2D eigenvalue weighted by Gasteiger charge is 2.12. The molecule has 0 aliphatic heterocycles. The second kappa shape index (κ2) is 7.09. The molecule has 0 amide bonds. The first kappa shape index (κ1) is 18.0. The van der Waals surface area contributed by atoms with Crippen LogP contribution in [0.3, 0.4) is 0 Å². The smallest absolute Gasteiger partial charge is 0.335 e. The van der Waals surface area contributed by atoms with Gasteiger partial charge in [-0.2, -0.15) is 9.50 Å². The van der Waals surface area contributed by atoms with E-state index >= 15 is 0 Å². The van der Waals surface area contributed by atoms with Crippen molar-refractivity contribution in [2.24, 2.45) is 0 Å². The monoisotopic (exact) mass is 415 g/mol. The van der Waals surface area contributed by atoms with E-state index in [1.54, 1.807) is 30.3 Å². The minimum atomic E-state index is -0.982. The van der Waals surface area contributed by atoms with Crippen LogP contribution >= 0.6 is 11.3 Å². The van der Waals surface area contributed by atoms with E-state index in [0.29, 0.717) is 26.8 Å². The van der Waals surface area contributed by atoms with E-state index in [0.717, 1.165) is 11.1 Å². The molecule has 0 spiro atoms. The van der Waals surface area contributed by atoms with E-state index in [-0.39, 0.29) is 11.1 Å². The van der Waals surface area contributed by atoms with Gasteiger partial charge in [0.15, 0.2) is 5.82 Å². The minimum Gasteiger partial charge on any atom is -0.478 e. The average Bonchev–Trinajstić information content (AvgIpc) is 3.47. The van der Waals surface area contributed by atoms with Crippen molar-refractivity contribution in [1.82, 2.24) is 14.6 Å². The van der Waals surface area contributed by atoms with Crippen molar-refractivity contribution in [3.63, 3.8) is 0 Å². The molecule has 3 heterocycles. The molecule has 3 aromatic heterocycles. The third kappa shape index (κ3) is 3.19. The fourth-order valence-corrected chi connectivity index (χ4v) is 3.92. The van der Waals surface area contributed by atoms with Crippen LogP contribution in [-0.4, -0.2) is 25.7 Å². The van der Waals surface area contributed by atoms with Crippen molar-refractivity contribution in [3.05, 3.63) is 92.9 Å².